The van der Waals surface area contributed by atoms with Crippen molar-refractivity contribution in [2.45, 2.75) is 44.6 Å². The van der Waals surface area contributed by atoms with Crippen LogP contribution in [0.3, 0.4) is 0 Å². The van der Waals surface area contributed by atoms with Crippen LogP contribution in [0, 0.1) is 5.92 Å². The van der Waals surface area contributed by atoms with Gasteiger partial charge in [0.2, 0.25) is 0 Å². The van der Waals surface area contributed by atoms with Crippen molar-refractivity contribution in [2.24, 2.45) is 11.7 Å². The summed E-state index contributed by atoms with van der Waals surface area (Å²) in [6.45, 7) is 0.502. The molecular weight excluding hydrogens is 254 g/mol. The fourth-order valence-electron chi connectivity index (χ4n) is 2.63. The van der Waals surface area contributed by atoms with Crippen molar-refractivity contribution in [2.75, 3.05) is 6.61 Å². The average Bonchev–Trinajstić information content (AvgIpc) is 2.48. The predicted octanol–water partition coefficient (Wildman–Crippen LogP) is 2.39. The highest BCUT2D eigenvalue weighted by Crippen LogP contribution is 2.23. The van der Waals surface area contributed by atoms with Crippen LogP contribution in [0.25, 0.3) is 0 Å². The van der Waals surface area contributed by atoms with Gasteiger partial charge in [0.05, 0.1) is 6.61 Å². The van der Waals surface area contributed by atoms with Crippen molar-refractivity contribution < 1.29 is 14.6 Å². The molecule has 2 rings (SSSR count). The largest absolute Gasteiger partial charge is 0.508 e. The van der Waals surface area contributed by atoms with Crippen LogP contribution in [-0.4, -0.2) is 23.7 Å². The topological polar surface area (TPSA) is 72.5 Å². The van der Waals surface area contributed by atoms with Gasteiger partial charge in [-0.3, -0.25) is 4.79 Å². The van der Waals surface area contributed by atoms with Crippen molar-refractivity contribution in [1.82, 2.24) is 0 Å². The molecule has 0 aromatic heterocycles. The summed E-state index contributed by atoms with van der Waals surface area (Å²) < 4.78 is 5.33. The molecule has 1 fully saturated rings. The number of benzene rings is 1. The standard InChI is InChI=1S/C16H23NO3/c17-15(10-12-6-8-14(18)9-7-12)16(19)20-11-13-4-2-1-3-5-13/h6-9,13,15,18H,1-5,10-11,17H2/t15-/m1/s1. The summed E-state index contributed by atoms with van der Waals surface area (Å²) >= 11 is 0. The zero-order chi connectivity index (χ0) is 14.4. The molecule has 1 aliphatic carbocycles. The zero-order valence-electron chi connectivity index (χ0n) is 11.8. The van der Waals surface area contributed by atoms with E-state index in [-0.39, 0.29) is 11.7 Å². The third-order valence-electron chi connectivity index (χ3n) is 3.88. The molecule has 20 heavy (non-hydrogen) atoms. The van der Waals surface area contributed by atoms with E-state index in [0.29, 0.717) is 18.9 Å². The summed E-state index contributed by atoms with van der Waals surface area (Å²) in [6, 6.07) is 6.08. The lowest BCUT2D eigenvalue weighted by molar-refractivity contribution is -0.146. The lowest BCUT2D eigenvalue weighted by Gasteiger charge is -2.22. The highest BCUT2D eigenvalue weighted by atomic mass is 16.5. The fraction of sp³-hybridized carbons (Fsp3) is 0.562. The van der Waals surface area contributed by atoms with Gasteiger partial charge in [-0.05, 0) is 42.9 Å². The van der Waals surface area contributed by atoms with E-state index in [2.05, 4.69) is 0 Å². The summed E-state index contributed by atoms with van der Waals surface area (Å²) in [6.07, 6.45) is 6.51. The Morgan fingerprint density at radius 1 is 1.25 bits per heavy atom. The van der Waals surface area contributed by atoms with Gasteiger partial charge in [-0.15, -0.1) is 0 Å². The minimum absolute atomic E-state index is 0.210. The number of nitrogens with two attached hydrogens (primary N) is 1. The van der Waals surface area contributed by atoms with Crippen LogP contribution in [0.1, 0.15) is 37.7 Å². The molecule has 3 N–H and O–H groups in total. The maximum atomic E-state index is 11.9. The van der Waals surface area contributed by atoms with E-state index in [1.165, 1.54) is 19.3 Å². The summed E-state index contributed by atoms with van der Waals surface area (Å²) in [4.78, 5) is 11.9. The summed E-state index contributed by atoms with van der Waals surface area (Å²) in [5, 5.41) is 9.21. The molecule has 1 atom stereocenters. The Labute approximate surface area is 119 Å². The van der Waals surface area contributed by atoms with Crippen LogP contribution in [0.15, 0.2) is 24.3 Å². The van der Waals surface area contributed by atoms with Crippen molar-refractivity contribution in [3.05, 3.63) is 29.8 Å². The third kappa shape index (κ3) is 4.53. The monoisotopic (exact) mass is 277 g/mol. The van der Waals surface area contributed by atoms with Gasteiger partial charge in [0.1, 0.15) is 11.8 Å². The number of phenolic OH excluding ortho intramolecular Hbond substituents is 1. The Hall–Kier alpha value is -1.55. The Bertz CT molecular complexity index is 424. The smallest absolute Gasteiger partial charge is 0.323 e. The first-order chi connectivity index (χ1) is 9.65. The Morgan fingerprint density at radius 2 is 1.90 bits per heavy atom. The minimum Gasteiger partial charge on any atom is -0.508 e. The number of hydrogen-bond donors (Lipinski definition) is 2. The van der Waals surface area contributed by atoms with E-state index >= 15 is 0 Å². The number of aromatic hydroxyl groups is 1. The first-order valence-corrected chi connectivity index (χ1v) is 7.35. The SMILES string of the molecule is N[C@H](Cc1ccc(O)cc1)C(=O)OCC1CCCCC1. The maximum Gasteiger partial charge on any atom is 0.323 e. The van der Waals surface area contributed by atoms with Gasteiger partial charge in [0.25, 0.3) is 0 Å². The van der Waals surface area contributed by atoms with Crippen LogP contribution in [0.5, 0.6) is 5.75 Å². The molecule has 0 radical (unpaired) electrons. The Morgan fingerprint density at radius 3 is 2.55 bits per heavy atom. The minimum atomic E-state index is -0.636. The molecular formula is C16H23NO3. The lowest BCUT2D eigenvalue weighted by Crippen LogP contribution is -2.35. The summed E-state index contributed by atoms with van der Waals surface area (Å²) in [5.41, 5.74) is 6.79. The second kappa shape index (κ2) is 7.29. The number of carbonyl (C=O) groups is 1. The molecule has 0 heterocycles. The molecule has 0 unspecified atom stereocenters. The second-order valence-corrected chi connectivity index (χ2v) is 5.61. The molecule has 110 valence electrons. The van der Waals surface area contributed by atoms with Crippen LogP contribution in [-0.2, 0) is 16.0 Å². The summed E-state index contributed by atoms with van der Waals surface area (Å²) in [5.74, 6) is 0.388. The van der Waals surface area contributed by atoms with Crippen LogP contribution >= 0.6 is 0 Å². The van der Waals surface area contributed by atoms with Gasteiger partial charge < -0.3 is 15.6 Å². The van der Waals surface area contributed by atoms with Gasteiger partial charge in [-0.1, -0.05) is 31.4 Å². The predicted molar refractivity (Wildman–Crippen MR) is 77.3 cm³/mol. The number of ether oxygens (including phenoxy) is 1. The second-order valence-electron chi connectivity index (χ2n) is 5.61. The molecule has 1 aromatic rings. The molecule has 0 spiro atoms. The van der Waals surface area contributed by atoms with Crippen LogP contribution in [0.2, 0.25) is 0 Å². The number of phenols is 1. The van der Waals surface area contributed by atoms with Crippen LogP contribution < -0.4 is 5.73 Å². The van der Waals surface area contributed by atoms with Gasteiger partial charge in [-0.25, -0.2) is 0 Å². The van der Waals surface area contributed by atoms with E-state index < -0.39 is 6.04 Å². The lowest BCUT2D eigenvalue weighted by atomic mass is 9.90. The fourth-order valence-corrected chi connectivity index (χ4v) is 2.63. The number of hydrogen-bond acceptors (Lipinski definition) is 4. The molecule has 0 amide bonds. The van der Waals surface area contributed by atoms with E-state index in [1.54, 1.807) is 24.3 Å². The molecule has 4 heteroatoms. The Balaban J connectivity index is 1.75. The number of carbonyl (C=O) groups excluding carboxylic acids is 1. The molecule has 0 saturated heterocycles. The zero-order valence-corrected chi connectivity index (χ0v) is 11.8. The normalized spacial score (nSPS) is 17.6. The van der Waals surface area contributed by atoms with Gasteiger partial charge in [0, 0.05) is 0 Å². The van der Waals surface area contributed by atoms with Crippen molar-refractivity contribution in [1.29, 1.82) is 0 Å². The van der Waals surface area contributed by atoms with Gasteiger partial charge in [-0.2, -0.15) is 0 Å². The van der Waals surface area contributed by atoms with E-state index in [9.17, 15) is 9.90 Å². The first kappa shape index (κ1) is 14.9. The van der Waals surface area contributed by atoms with Gasteiger partial charge >= 0.3 is 5.97 Å². The van der Waals surface area contributed by atoms with Crippen molar-refractivity contribution in [3.63, 3.8) is 0 Å². The highest BCUT2D eigenvalue weighted by molar-refractivity contribution is 5.75. The highest BCUT2D eigenvalue weighted by Gasteiger charge is 2.19. The molecule has 4 nitrogen and oxygen atoms in total. The van der Waals surface area contributed by atoms with E-state index in [4.69, 9.17) is 10.5 Å². The van der Waals surface area contributed by atoms with Gasteiger partial charge in [0.15, 0.2) is 0 Å². The van der Waals surface area contributed by atoms with E-state index in [1.807, 2.05) is 0 Å². The average molecular weight is 277 g/mol. The Kier molecular flexibility index (Phi) is 5.41. The molecule has 1 saturated carbocycles. The van der Waals surface area contributed by atoms with Crippen molar-refractivity contribution >= 4 is 5.97 Å². The molecule has 0 bridgehead atoms. The quantitative estimate of drug-likeness (QED) is 0.811. The number of rotatable bonds is 5. The van der Waals surface area contributed by atoms with E-state index in [0.717, 1.165) is 18.4 Å². The molecule has 1 aromatic carbocycles. The summed E-state index contributed by atoms with van der Waals surface area (Å²) in [7, 11) is 0. The maximum absolute atomic E-state index is 11.9. The third-order valence-corrected chi connectivity index (χ3v) is 3.88. The number of esters is 1. The first-order valence-electron chi connectivity index (χ1n) is 7.35. The van der Waals surface area contributed by atoms with Crippen LogP contribution in [0.4, 0.5) is 0 Å². The molecule has 0 aliphatic heterocycles. The molecule has 1 aliphatic rings. The van der Waals surface area contributed by atoms with Crippen molar-refractivity contribution in [3.8, 4) is 5.75 Å².